The minimum Gasteiger partial charge on any atom is -0.409 e. The van der Waals surface area contributed by atoms with Crippen LogP contribution in [0.2, 0.25) is 5.02 Å². The summed E-state index contributed by atoms with van der Waals surface area (Å²) in [5.41, 5.74) is 6.64. The Morgan fingerprint density at radius 3 is 2.67 bits per heavy atom. The molecule has 5 nitrogen and oxygen atoms in total. The molecule has 0 saturated carbocycles. The largest absolute Gasteiger partial charge is 0.409 e. The molecule has 0 aromatic heterocycles. The van der Waals surface area contributed by atoms with Gasteiger partial charge in [0.05, 0.1) is 6.54 Å². The van der Waals surface area contributed by atoms with Crippen molar-refractivity contribution in [3.05, 3.63) is 29.3 Å². The average Bonchev–Trinajstić information content (AvgIpc) is 2.39. The van der Waals surface area contributed by atoms with Crippen LogP contribution in [-0.2, 0) is 0 Å². The molecule has 6 heteroatoms. The maximum absolute atomic E-state index is 8.54. The first-order chi connectivity index (χ1) is 8.69. The summed E-state index contributed by atoms with van der Waals surface area (Å²) < 4.78 is 0. The zero-order valence-corrected chi connectivity index (χ0v) is 10.8. The van der Waals surface area contributed by atoms with Gasteiger partial charge in [0.25, 0.3) is 0 Å². The summed E-state index contributed by atoms with van der Waals surface area (Å²) in [4.78, 5) is 4.45. The van der Waals surface area contributed by atoms with Crippen LogP contribution in [0.4, 0.5) is 5.69 Å². The van der Waals surface area contributed by atoms with Crippen LogP contribution in [0.3, 0.4) is 0 Å². The first kappa shape index (κ1) is 13.0. The lowest BCUT2D eigenvalue weighted by Crippen LogP contribution is -2.48. The van der Waals surface area contributed by atoms with E-state index in [-0.39, 0.29) is 5.84 Å². The molecule has 18 heavy (non-hydrogen) atoms. The van der Waals surface area contributed by atoms with Gasteiger partial charge in [0.1, 0.15) is 0 Å². The summed E-state index contributed by atoms with van der Waals surface area (Å²) >= 11 is 5.98. The monoisotopic (exact) mass is 268 g/mol. The molecule has 1 aromatic carbocycles. The summed E-state index contributed by atoms with van der Waals surface area (Å²) in [7, 11) is 0. The van der Waals surface area contributed by atoms with Crippen molar-refractivity contribution in [1.29, 1.82) is 0 Å². The standard InChI is InChI=1S/C12H17ClN4O/c13-10-2-1-3-11(8-10)17-6-4-16(5-7-17)9-12(14)15-18/h1-3,8,18H,4-7,9H2,(H2,14,15). The number of oxime groups is 1. The van der Waals surface area contributed by atoms with E-state index in [0.717, 1.165) is 36.9 Å². The molecule has 0 atom stereocenters. The number of hydrogen-bond acceptors (Lipinski definition) is 4. The van der Waals surface area contributed by atoms with Gasteiger partial charge in [0, 0.05) is 36.9 Å². The van der Waals surface area contributed by atoms with Crippen molar-refractivity contribution in [1.82, 2.24) is 4.90 Å². The number of rotatable bonds is 3. The van der Waals surface area contributed by atoms with Crippen molar-refractivity contribution in [3.63, 3.8) is 0 Å². The van der Waals surface area contributed by atoms with Crippen molar-refractivity contribution in [3.8, 4) is 0 Å². The van der Waals surface area contributed by atoms with Crippen LogP contribution in [0.1, 0.15) is 0 Å². The van der Waals surface area contributed by atoms with Crippen molar-refractivity contribution in [2.45, 2.75) is 0 Å². The molecular formula is C12H17ClN4O. The molecule has 1 fully saturated rings. The molecular weight excluding hydrogens is 252 g/mol. The molecule has 0 bridgehead atoms. The van der Waals surface area contributed by atoms with Crippen molar-refractivity contribution in [2.24, 2.45) is 10.9 Å². The van der Waals surface area contributed by atoms with Gasteiger partial charge in [0.2, 0.25) is 0 Å². The molecule has 1 aliphatic heterocycles. The Balaban J connectivity index is 1.90. The zero-order valence-electron chi connectivity index (χ0n) is 10.1. The van der Waals surface area contributed by atoms with Gasteiger partial charge in [-0.1, -0.05) is 22.8 Å². The van der Waals surface area contributed by atoms with Gasteiger partial charge < -0.3 is 15.8 Å². The molecule has 2 rings (SSSR count). The maximum atomic E-state index is 8.54. The Kier molecular flexibility index (Phi) is 4.28. The highest BCUT2D eigenvalue weighted by atomic mass is 35.5. The third-order valence-electron chi connectivity index (χ3n) is 3.06. The number of nitrogens with two attached hydrogens (primary N) is 1. The first-order valence-electron chi connectivity index (χ1n) is 5.88. The fourth-order valence-electron chi connectivity index (χ4n) is 2.10. The third-order valence-corrected chi connectivity index (χ3v) is 3.29. The van der Waals surface area contributed by atoms with E-state index in [1.165, 1.54) is 0 Å². The second-order valence-corrected chi connectivity index (χ2v) is 4.77. The molecule has 0 aliphatic carbocycles. The van der Waals surface area contributed by atoms with Crippen LogP contribution >= 0.6 is 11.6 Å². The van der Waals surface area contributed by atoms with Crippen molar-refractivity contribution < 1.29 is 5.21 Å². The minimum atomic E-state index is 0.256. The zero-order chi connectivity index (χ0) is 13.0. The van der Waals surface area contributed by atoms with Crippen LogP contribution in [0.25, 0.3) is 0 Å². The van der Waals surface area contributed by atoms with E-state index in [1.807, 2.05) is 18.2 Å². The number of benzene rings is 1. The lowest BCUT2D eigenvalue weighted by atomic mass is 10.2. The molecule has 1 aromatic rings. The van der Waals surface area contributed by atoms with Gasteiger partial charge in [-0.15, -0.1) is 0 Å². The van der Waals surface area contributed by atoms with Gasteiger partial charge in [-0.05, 0) is 18.2 Å². The Morgan fingerprint density at radius 2 is 2.06 bits per heavy atom. The van der Waals surface area contributed by atoms with Crippen molar-refractivity contribution >= 4 is 23.1 Å². The molecule has 0 amide bonds. The van der Waals surface area contributed by atoms with E-state index in [4.69, 9.17) is 22.5 Å². The Bertz CT molecular complexity index is 430. The van der Waals surface area contributed by atoms with E-state index in [2.05, 4.69) is 21.0 Å². The van der Waals surface area contributed by atoms with Gasteiger partial charge >= 0.3 is 0 Å². The van der Waals surface area contributed by atoms with Gasteiger partial charge in [-0.25, -0.2) is 0 Å². The Hall–Kier alpha value is -1.46. The molecule has 98 valence electrons. The minimum absolute atomic E-state index is 0.256. The third kappa shape index (κ3) is 3.27. The lowest BCUT2D eigenvalue weighted by molar-refractivity contribution is 0.279. The van der Waals surface area contributed by atoms with Crippen molar-refractivity contribution in [2.75, 3.05) is 37.6 Å². The number of nitrogens with zero attached hydrogens (tertiary/aromatic N) is 3. The van der Waals surface area contributed by atoms with E-state index >= 15 is 0 Å². The number of piperazine rings is 1. The normalized spacial score (nSPS) is 18.1. The Labute approximate surface area is 111 Å². The van der Waals surface area contributed by atoms with E-state index in [1.54, 1.807) is 0 Å². The molecule has 1 saturated heterocycles. The Morgan fingerprint density at radius 1 is 1.33 bits per heavy atom. The SMILES string of the molecule is NC(CN1CCN(c2cccc(Cl)c2)CC1)=NO. The number of hydrogen-bond donors (Lipinski definition) is 2. The van der Waals surface area contributed by atoms with Crippen LogP contribution in [0.15, 0.2) is 29.4 Å². The topological polar surface area (TPSA) is 65.1 Å². The smallest absolute Gasteiger partial charge is 0.153 e. The fourth-order valence-corrected chi connectivity index (χ4v) is 2.28. The summed E-state index contributed by atoms with van der Waals surface area (Å²) in [5, 5.41) is 12.3. The van der Waals surface area contributed by atoms with Crippen LogP contribution in [0.5, 0.6) is 0 Å². The number of halogens is 1. The van der Waals surface area contributed by atoms with Gasteiger partial charge in [-0.3, -0.25) is 4.90 Å². The molecule has 1 aliphatic rings. The average molecular weight is 269 g/mol. The van der Waals surface area contributed by atoms with E-state index in [9.17, 15) is 0 Å². The van der Waals surface area contributed by atoms with Gasteiger partial charge in [0.15, 0.2) is 5.84 Å². The highest BCUT2D eigenvalue weighted by Gasteiger charge is 2.17. The fraction of sp³-hybridized carbons (Fsp3) is 0.417. The van der Waals surface area contributed by atoms with Crippen LogP contribution in [0, 0.1) is 0 Å². The number of anilines is 1. The number of amidine groups is 1. The summed E-state index contributed by atoms with van der Waals surface area (Å²) in [6.07, 6.45) is 0. The molecule has 0 spiro atoms. The van der Waals surface area contributed by atoms with E-state index < -0.39 is 0 Å². The summed E-state index contributed by atoms with van der Waals surface area (Å²) in [6.45, 7) is 4.13. The first-order valence-corrected chi connectivity index (χ1v) is 6.26. The van der Waals surface area contributed by atoms with Gasteiger partial charge in [-0.2, -0.15) is 0 Å². The second kappa shape index (κ2) is 5.93. The maximum Gasteiger partial charge on any atom is 0.153 e. The second-order valence-electron chi connectivity index (χ2n) is 4.33. The molecule has 0 unspecified atom stereocenters. The van der Waals surface area contributed by atoms with Crippen LogP contribution < -0.4 is 10.6 Å². The van der Waals surface area contributed by atoms with Crippen LogP contribution in [-0.4, -0.2) is 48.7 Å². The molecule has 3 N–H and O–H groups in total. The summed E-state index contributed by atoms with van der Waals surface area (Å²) in [6, 6.07) is 7.87. The highest BCUT2D eigenvalue weighted by molar-refractivity contribution is 6.30. The lowest BCUT2D eigenvalue weighted by Gasteiger charge is -2.35. The highest BCUT2D eigenvalue weighted by Crippen LogP contribution is 2.20. The summed E-state index contributed by atoms with van der Waals surface area (Å²) in [5.74, 6) is 0.256. The molecule has 0 radical (unpaired) electrons. The predicted molar refractivity (Wildman–Crippen MR) is 73.5 cm³/mol. The quantitative estimate of drug-likeness (QED) is 0.374. The molecule has 1 heterocycles. The predicted octanol–water partition coefficient (Wildman–Crippen LogP) is 1.21. The van der Waals surface area contributed by atoms with E-state index in [0.29, 0.717) is 6.54 Å².